The van der Waals surface area contributed by atoms with Crippen LogP contribution in [0.15, 0.2) is 30.3 Å². The molecule has 0 aromatic heterocycles. The number of hydrogen-bond donors (Lipinski definition) is 0. The lowest BCUT2D eigenvalue weighted by Crippen LogP contribution is -2.18. The maximum absolute atomic E-state index is 12.0. The number of carbonyl (C=O) groups is 2. The first-order valence-electron chi connectivity index (χ1n) is 7.61. The summed E-state index contributed by atoms with van der Waals surface area (Å²) < 4.78 is 15.9. The third-order valence-corrected chi connectivity index (χ3v) is 4.16. The number of carbonyl (C=O) groups excluding carboxylic acids is 2. The maximum Gasteiger partial charge on any atom is 0.349 e. The quantitative estimate of drug-likeness (QED) is 0.439. The van der Waals surface area contributed by atoms with Crippen molar-refractivity contribution in [3.8, 4) is 17.2 Å². The van der Waals surface area contributed by atoms with E-state index in [1.165, 1.54) is 26.2 Å². The van der Waals surface area contributed by atoms with Crippen LogP contribution in [0.3, 0.4) is 0 Å². The molecule has 0 heterocycles. The molecule has 0 bridgehead atoms. The van der Waals surface area contributed by atoms with Gasteiger partial charge in [0.25, 0.3) is 0 Å². The van der Waals surface area contributed by atoms with E-state index in [2.05, 4.69) is 0 Å². The molecule has 0 N–H and O–H groups in total. The summed E-state index contributed by atoms with van der Waals surface area (Å²) in [4.78, 5) is 23.4. The van der Waals surface area contributed by atoms with Crippen LogP contribution in [0.4, 0.5) is 0 Å². The molecule has 0 spiro atoms. The topological polar surface area (TPSA) is 61.8 Å². The third kappa shape index (κ3) is 4.73. The van der Waals surface area contributed by atoms with E-state index in [9.17, 15) is 9.59 Å². The molecule has 2 aromatic carbocycles. The Kier molecular flexibility index (Phi) is 6.04. The fraction of sp³-hybridized carbons (Fsp3) is 0.263. The van der Waals surface area contributed by atoms with Crippen molar-refractivity contribution in [1.29, 1.82) is 0 Å². The Labute approximate surface area is 151 Å². The van der Waals surface area contributed by atoms with E-state index in [4.69, 9.17) is 25.8 Å². The Morgan fingerprint density at radius 1 is 1.04 bits per heavy atom. The number of methoxy groups -OCH3 is 1. The summed E-state index contributed by atoms with van der Waals surface area (Å²) in [6, 6.07) is 8.12. The van der Waals surface area contributed by atoms with E-state index < -0.39 is 5.97 Å². The Balaban J connectivity index is 2.04. The van der Waals surface area contributed by atoms with Crippen LogP contribution in [-0.4, -0.2) is 25.5 Å². The molecule has 0 aliphatic rings. The van der Waals surface area contributed by atoms with E-state index >= 15 is 0 Å². The largest absolute Gasteiger partial charge is 0.493 e. The van der Waals surface area contributed by atoms with Crippen molar-refractivity contribution in [3.05, 3.63) is 52.0 Å². The van der Waals surface area contributed by atoms with Gasteiger partial charge in [0.05, 0.1) is 7.11 Å². The number of ketones is 1. The number of benzene rings is 2. The SMILES string of the molecule is COc1cc(C(C)=O)ccc1OC(=O)COc1cc(C)c(Cl)c(C)c1. The lowest BCUT2D eigenvalue weighted by Gasteiger charge is -2.12. The normalized spacial score (nSPS) is 10.3. The number of hydrogen-bond acceptors (Lipinski definition) is 5. The van der Waals surface area contributed by atoms with E-state index in [0.29, 0.717) is 22.1 Å². The Morgan fingerprint density at radius 2 is 1.68 bits per heavy atom. The van der Waals surface area contributed by atoms with Gasteiger partial charge in [-0.3, -0.25) is 4.79 Å². The van der Waals surface area contributed by atoms with Crippen LogP contribution in [-0.2, 0) is 4.79 Å². The number of rotatable bonds is 6. The molecule has 2 rings (SSSR count). The third-order valence-electron chi connectivity index (χ3n) is 3.56. The minimum Gasteiger partial charge on any atom is -0.493 e. The fourth-order valence-electron chi connectivity index (χ4n) is 2.25. The van der Waals surface area contributed by atoms with E-state index in [1.807, 2.05) is 13.8 Å². The van der Waals surface area contributed by atoms with Gasteiger partial charge in [0.2, 0.25) is 0 Å². The van der Waals surface area contributed by atoms with Gasteiger partial charge in [0.15, 0.2) is 23.9 Å². The molecule has 132 valence electrons. The lowest BCUT2D eigenvalue weighted by atomic mass is 10.1. The Hall–Kier alpha value is -2.53. The highest BCUT2D eigenvalue weighted by Crippen LogP contribution is 2.29. The second kappa shape index (κ2) is 8.03. The zero-order valence-corrected chi connectivity index (χ0v) is 15.3. The second-order valence-electron chi connectivity index (χ2n) is 5.56. The predicted molar refractivity (Wildman–Crippen MR) is 95.1 cm³/mol. The smallest absolute Gasteiger partial charge is 0.349 e. The standard InChI is InChI=1S/C19H19ClO5/c1-11-7-15(8-12(2)19(11)20)24-10-18(22)25-16-6-5-14(13(3)21)9-17(16)23-4/h5-9H,10H2,1-4H3. The predicted octanol–water partition coefficient (Wildman–Crippen LogP) is 4.15. The molecular weight excluding hydrogens is 344 g/mol. The van der Waals surface area contributed by atoms with Crippen molar-refractivity contribution in [1.82, 2.24) is 0 Å². The zero-order valence-electron chi connectivity index (χ0n) is 14.5. The van der Waals surface area contributed by atoms with Crippen LogP contribution in [0.1, 0.15) is 28.4 Å². The van der Waals surface area contributed by atoms with Gasteiger partial charge in [-0.2, -0.15) is 0 Å². The monoisotopic (exact) mass is 362 g/mol. The first-order chi connectivity index (χ1) is 11.8. The summed E-state index contributed by atoms with van der Waals surface area (Å²) in [6.45, 7) is 4.91. The van der Waals surface area contributed by atoms with Crippen LogP contribution in [0, 0.1) is 13.8 Å². The van der Waals surface area contributed by atoms with Crippen LogP contribution in [0.25, 0.3) is 0 Å². The summed E-state index contributed by atoms with van der Waals surface area (Å²) in [7, 11) is 1.44. The van der Waals surface area contributed by atoms with Crippen molar-refractivity contribution in [2.45, 2.75) is 20.8 Å². The van der Waals surface area contributed by atoms with Gasteiger partial charge in [-0.25, -0.2) is 4.79 Å². The number of esters is 1. The molecule has 0 radical (unpaired) electrons. The molecule has 0 saturated carbocycles. The maximum atomic E-state index is 12.0. The average molecular weight is 363 g/mol. The van der Waals surface area contributed by atoms with Gasteiger partial charge >= 0.3 is 5.97 Å². The Bertz CT molecular complexity index is 790. The fourth-order valence-corrected chi connectivity index (χ4v) is 2.36. The Morgan fingerprint density at radius 3 is 2.24 bits per heavy atom. The second-order valence-corrected chi connectivity index (χ2v) is 5.93. The minimum absolute atomic E-state index is 0.104. The van der Waals surface area contributed by atoms with Crippen LogP contribution >= 0.6 is 11.6 Å². The van der Waals surface area contributed by atoms with Crippen LogP contribution < -0.4 is 14.2 Å². The van der Waals surface area contributed by atoms with Gasteiger partial charge < -0.3 is 14.2 Å². The molecule has 2 aromatic rings. The van der Waals surface area contributed by atoms with Crippen LogP contribution in [0.5, 0.6) is 17.2 Å². The van der Waals surface area contributed by atoms with Gasteiger partial charge in [-0.1, -0.05) is 11.6 Å². The van der Waals surface area contributed by atoms with Crippen molar-refractivity contribution >= 4 is 23.4 Å². The van der Waals surface area contributed by atoms with E-state index in [1.54, 1.807) is 18.2 Å². The molecule has 0 aliphatic heterocycles. The summed E-state index contributed by atoms with van der Waals surface area (Å²) in [5, 5.41) is 0.672. The van der Waals surface area contributed by atoms with Crippen molar-refractivity contribution in [2.75, 3.05) is 13.7 Å². The molecule has 0 fully saturated rings. The van der Waals surface area contributed by atoms with Crippen molar-refractivity contribution < 1.29 is 23.8 Å². The lowest BCUT2D eigenvalue weighted by molar-refractivity contribution is -0.136. The highest BCUT2D eigenvalue weighted by molar-refractivity contribution is 6.32. The molecule has 5 nitrogen and oxygen atoms in total. The highest BCUT2D eigenvalue weighted by Gasteiger charge is 2.13. The minimum atomic E-state index is -0.584. The first-order valence-corrected chi connectivity index (χ1v) is 7.98. The summed E-state index contributed by atoms with van der Waals surface area (Å²) in [6.07, 6.45) is 0. The summed E-state index contributed by atoms with van der Waals surface area (Å²) in [5.74, 6) is 0.381. The molecule has 0 amide bonds. The van der Waals surface area contributed by atoms with Gasteiger partial charge in [0, 0.05) is 10.6 Å². The van der Waals surface area contributed by atoms with Crippen LogP contribution in [0.2, 0.25) is 5.02 Å². The van der Waals surface area contributed by atoms with E-state index in [0.717, 1.165) is 11.1 Å². The molecule has 6 heteroatoms. The molecule has 0 saturated heterocycles. The van der Waals surface area contributed by atoms with Gasteiger partial charge in [-0.15, -0.1) is 0 Å². The summed E-state index contributed by atoms with van der Waals surface area (Å²) >= 11 is 6.10. The van der Waals surface area contributed by atoms with Crippen molar-refractivity contribution in [3.63, 3.8) is 0 Å². The number of halogens is 1. The van der Waals surface area contributed by atoms with Crippen molar-refractivity contribution in [2.24, 2.45) is 0 Å². The molecule has 0 unspecified atom stereocenters. The molecule has 25 heavy (non-hydrogen) atoms. The molecule has 0 atom stereocenters. The number of ether oxygens (including phenoxy) is 3. The number of Topliss-reactive ketones (excluding diaryl/α,β-unsaturated/α-hetero) is 1. The zero-order chi connectivity index (χ0) is 18.6. The average Bonchev–Trinajstić information content (AvgIpc) is 2.57. The highest BCUT2D eigenvalue weighted by atomic mass is 35.5. The first kappa shape index (κ1) is 18.8. The van der Waals surface area contributed by atoms with E-state index in [-0.39, 0.29) is 18.1 Å². The molecular formula is C19H19ClO5. The summed E-state index contributed by atoms with van der Waals surface area (Å²) in [5.41, 5.74) is 2.21. The molecule has 0 aliphatic carbocycles. The van der Waals surface area contributed by atoms with Gasteiger partial charge in [0.1, 0.15) is 5.75 Å². The number of aryl methyl sites for hydroxylation is 2. The van der Waals surface area contributed by atoms with Gasteiger partial charge in [-0.05, 0) is 62.2 Å².